The number of hydrogen-bond donors (Lipinski definition) is 1. The van der Waals surface area contributed by atoms with Crippen LogP contribution in [-0.4, -0.2) is 28.5 Å². The maximum absolute atomic E-state index is 11.5. The Balaban J connectivity index is 2.92. The van der Waals surface area contributed by atoms with Crippen LogP contribution in [0.2, 0.25) is 0 Å². The lowest BCUT2D eigenvalue weighted by molar-refractivity contribution is -0.385. The molecule has 1 aromatic carbocycles. The quantitative estimate of drug-likeness (QED) is 0.601. The second-order valence-corrected chi connectivity index (χ2v) is 4.92. The first-order valence-corrected chi connectivity index (χ1v) is 6.43. The second kappa shape index (κ2) is 6.31. The molecule has 0 radical (unpaired) electrons. The molecule has 0 saturated carbocycles. The van der Waals surface area contributed by atoms with Crippen LogP contribution in [0.15, 0.2) is 18.2 Å². The van der Waals surface area contributed by atoms with Crippen molar-refractivity contribution < 1.29 is 13.9 Å². The normalized spacial score (nSPS) is 12.1. The van der Waals surface area contributed by atoms with Gasteiger partial charge in [-0.05, 0) is 11.6 Å². The summed E-state index contributed by atoms with van der Waals surface area (Å²) in [5.41, 5.74) is 5.81. The Morgan fingerprint density at radius 1 is 1.53 bits per heavy atom. The van der Waals surface area contributed by atoms with E-state index in [1.54, 1.807) is 6.07 Å². The first-order chi connectivity index (χ1) is 8.08. The highest BCUT2D eigenvalue weighted by atomic mass is 32.2. The number of nitro groups is 1. The first kappa shape index (κ1) is 13.6. The number of ether oxygens (including phenoxy) is 1. The van der Waals surface area contributed by atoms with E-state index in [1.165, 1.54) is 19.2 Å². The summed E-state index contributed by atoms with van der Waals surface area (Å²) in [4.78, 5) is 10.3. The maximum Gasteiger partial charge on any atom is 0.311 e. The molecule has 0 aromatic heterocycles. The molecule has 1 rings (SSSR count). The summed E-state index contributed by atoms with van der Waals surface area (Å²) in [5, 5.41) is 10.8. The molecule has 0 saturated heterocycles. The van der Waals surface area contributed by atoms with E-state index in [9.17, 15) is 14.3 Å². The summed E-state index contributed by atoms with van der Waals surface area (Å²) in [6.07, 6.45) is 0. The molecule has 94 valence electrons. The van der Waals surface area contributed by atoms with Gasteiger partial charge in [-0.15, -0.1) is 0 Å². The van der Waals surface area contributed by atoms with E-state index in [-0.39, 0.29) is 17.2 Å². The Labute approximate surface area is 101 Å². The predicted octanol–water partition coefficient (Wildman–Crippen LogP) is 0.811. The molecule has 1 atom stereocenters. The predicted molar refractivity (Wildman–Crippen MR) is 65.4 cm³/mol. The molecule has 0 aliphatic rings. The highest BCUT2D eigenvalue weighted by molar-refractivity contribution is 7.84. The average Bonchev–Trinajstić information content (AvgIpc) is 2.29. The van der Waals surface area contributed by atoms with Gasteiger partial charge in [0, 0.05) is 34.9 Å². The van der Waals surface area contributed by atoms with Crippen LogP contribution in [0.5, 0.6) is 5.75 Å². The van der Waals surface area contributed by atoms with Crippen LogP contribution in [0.25, 0.3) is 0 Å². The van der Waals surface area contributed by atoms with Gasteiger partial charge >= 0.3 is 5.69 Å². The topological polar surface area (TPSA) is 95.5 Å². The van der Waals surface area contributed by atoms with Gasteiger partial charge in [0.1, 0.15) is 0 Å². The lowest BCUT2D eigenvalue weighted by atomic mass is 10.2. The zero-order chi connectivity index (χ0) is 12.8. The molecule has 7 heteroatoms. The zero-order valence-electron chi connectivity index (χ0n) is 9.42. The molecule has 0 spiro atoms. The summed E-state index contributed by atoms with van der Waals surface area (Å²) in [6.45, 7) is 0.338. The van der Waals surface area contributed by atoms with Crippen molar-refractivity contribution >= 4 is 16.5 Å². The van der Waals surface area contributed by atoms with Gasteiger partial charge in [0.15, 0.2) is 5.75 Å². The smallest absolute Gasteiger partial charge is 0.311 e. The number of rotatable bonds is 6. The number of hydrogen-bond acceptors (Lipinski definition) is 5. The molecule has 0 heterocycles. The monoisotopic (exact) mass is 258 g/mol. The molecule has 17 heavy (non-hydrogen) atoms. The van der Waals surface area contributed by atoms with Crippen molar-refractivity contribution in [2.75, 3.05) is 19.4 Å². The number of nitrogens with zero attached hydrogens (tertiary/aromatic N) is 1. The highest BCUT2D eigenvalue weighted by Gasteiger charge is 2.15. The standard InChI is InChI=1S/C10H14N2O4S/c1-16-10-3-2-8(6-9(10)12(13)14)7-17(15)5-4-11/h2-3,6H,4-5,7,11H2,1H3. The molecule has 0 fully saturated rings. The Morgan fingerprint density at radius 2 is 2.24 bits per heavy atom. The van der Waals surface area contributed by atoms with Gasteiger partial charge in [-0.3, -0.25) is 14.3 Å². The van der Waals surface area contributed by atoms with Crippen molar-refractivity contribution in [2.24, 2.45) is 5.73 Å². The minimum absolute atomic E-state index is 0.116. The van der Waals surface area contributed by atoms with Crippen LogP contribution in [0.1, 0.15) is 5.56 Å². The summed E-state index contributed by atoms with van der Waals surface area (Å²) in [5.74, 6) is 0.852. The van der Waals surface area contributed by atoms with E-state index < -0.39 is 15.7 Å². The van der Waals surface area contributed by atoms with E-state index >= 15 is 0 Å². The minimum Gasteiger partial charge on any atom is -0.490 e. The Hall–Kier alpha value is -1.47. The molecular formula is C10H14N2O4S. The highest BCUT2D eigenvalue weighted by Crippen LogP contribution is 2.27. The molecule has 0 aliphatic heterocycles. The van der Waals surface area contributed by atoms with Gasteiger partial charge < -0.3 is 10.5 Å². The Bertz CT molecular complexity index is 436. The van der Waals surface area contributed by atoms with Crippen LogP contribution in [0, 0.1) is 10.1 Å². The van der Waals surface area contributed by atoms with Crippen LogP contribution >= 0.6 is 0 Å². The van der Waals surface area contributed by atoms with Crippen LogP contribution in [0.3, 0.4) is 0 Å². The van der Waals surface area contributed by atoms with E-state index in [1.807, 2.05) is 0 Å². The lowest BCUT2D eigenvalue weighted by Gasteiger charge is -2.04. The molecular weight excluding hydrogens is 244 g/mol. The van der Waals surface area contributed by atoms with E-state index in [4.69, 9.17) is 10.5 Å². The third-order valence-corrected chi connectivity index (χ3v) is 3.46. The summed E-state index contributed by atoms with van der Waals surface area (Å²) < 4.78 is 16.4. The van der Waals surface area contributed by atoms with Crippen LogP contribution in [-0.2, 0) is 16.6 Å². The summed E-state index contributed by atoms with van der Waals surface area (Å²) in [6, 6.07) is 4.56. The van der Waals surface area contributed by atoms with E-state index in [2.05, 4.69) is 0 Å². The number of benzene rings is 1. The summed E-state index contributed by atoms with van der Waals surface area (Å²) >= 11 is 0. The number of methoxy groups -OCH3 is 1. The minimum atomic E-state index is -1.09. The van der Waals surface area contributed by atoms with Crippen molar-refractivity contribution in [1.82, 2.24) is 0 Å². The van der Waals surface area contributed by atoms with Gasteiger partial charge in [0.05, 0.1) is 12.0 Å². The van der Waals surface area contributed by atoms with Crippen LogP contribution in [0.4, 0.5) is 5.69 Å². The average molecular weight is 258 g/mol. The van der Waals surface area contributed by atoms with Crippen molar-refractivity contribution in [3.8, 4) is 5.75 Å². The zero-order valence-corrected chi connectivity index (χ0v) is 10.2. The third kappa shape index (κ3) is 3.79. The largest absolute Gasteiger partial charge is 0.490 e. The molecule has 0 aliphatic carbocycles. The van der Waals surface area contributed by atoms with Crippen molar-refractivity contribution in [3.05, 3.63) is 33.9 Å². The molecule has 0 amide bonds. The second-order valence-electron chi connectivity index (χ2n) is 3.34. The van der Waals surface area contributed by atoms with Crippen molar-refractivity contribution in [2.45, 2.75) is 5.75 Å². The number of nitro benzene ring substituents is 1. The lowest BCUT2D eigenvalue weighted by Crippen LogP contribution is -2.11. The number of nitrogens with two attached hydrogens (primary N) is 1. The summed E-state index contributed by atoms with van der Waals surface area (Å²) in [7, 11) is 0.280. The SMILES string of the molecule is COc1ccc(CS(=O)CCN)cc1[N+](=O)[O-]. The van der Waals surface area contributed by atoms with E-state index in [0.29, 0.717) is 17.9 Å². The van der Waals surface area contributed by atoms with Gasteiger partial charge in [0.25, 0.3) is 0 Å². The Morgan fingerprint density at radius 3 is 2.76 bits per heavy atom. The van der Waals surface area contributed by atoms with Gasteiger partial charge in [-0.25, -0.2) is 0 Å². The van der Waals surface area contributed by atoms with Gasteiger partial charge in [-0.1, -0.05) is 6.07 Å². The fraction of sp³-hybridized carbons (Fsp3) is 0.400. The fourth-order valence-electron chi connectivity index (χ4n) is 1.36. The molecule has 0 bridgehead atoms. The fourth-order valence-corrected chi connectivity index (χ4v) is 2.32. The van der Waals surface area contributed by atoms with E-state index in [0.717, 1.165) is 0 Å². The van der Waals surface area contributed by atoms with Gasteiger partial charge in [-0.2, -0.15) is 0 Å². The maximum atomic E-state index is 11.5. The molecule has 2 N–H and O–H groups in total. The van der Waals surface area contributed by atoms with Crippen LogP contribution < -0.4 is 10.5 Å². The van der Waals surface area contributed by atoms with Crippen molar-refractivity contribution in [3.63, 3.8) is 0 Å². The Kier molecular flexibility index (Phi) is 5.05. The van der Waals surface area contributed by atoms with Crippen molar-refractivity contribution in [1.29, 1.82) is 0 Å². The molecule has 1 aromatic rings. The first-order valence-electron chi connectivity index (χ1n) is 4.94. The molecule has 6 nitrogen and oxygen atoms in total. The van der Waals surface area contributed by atoms with Gasteiger partial charge in [0.2, 0.25) is 0 Å². The third-order valence-electron chi connectivity index (χ3n) is 2.11. The molecule has 1 unspecified atom stereocenters.